The van der Waals surface area contributed by atoms with Crippen molar-refractivity contribution in [1.82, 2.24) is 29.4 Å². The van der Waals surface area contributed by atoms with Gasteiger partial charge in [0.25, 0.3) is 0 Å². The number of piperidine rings is 1. The van der Waals surface area contributed by atoms with Crippen LogP contribution in [0.1, 0.15) is 30.2 Å². The fourth-order valence-electron chi connectivity index (χ4n) is 3.30. The summed E-state index contributed by atoms with van der Waals surface area (Å²) in [6.45, 7) is 6.76. The molecule has 1 amide bonds. The van der Waals surface area contributed by atoms with Gasteiger partial charge in [-0.1, -0.05) is 0 Å². The van der Waals surface area contributed by atoms with Crippen LogP contribution in [0, 0.1) is 19.8 Å². The number of likely N-dealkylation sites (tertiary alicyclic amines) is 1. The molecule has 1 atom stereocenters. The van der Waals surface area contributed by atoms with Crippen molar-refractivity contribution < 1.29 is 9.53 Å². The Labute approximate surface area is 147 Å². The molecule has 136 valence electrons. The predicted octanol–water partition coefficient (Wildman–Crippen LogP) is 1.08. The highest BCUT2D eigenvalue weighted by Crippen LogP contribution is 2.19. The quantitative estimate of drug-likeness (QED) is 0.782. The van der Waals surface area contributed by atoms with Gasteiger partial charge in [0.2, 0.25) is 5.91 Å². The van der Waals surface area contributed by atoms with Gasteiger partial charge in [0.05, 0.1) is 12.3 Å². The van der Waals surface area contributed by atoms with Crippen molar-refractivity contribution in [3.05, 3.63) is 29.6 Å². The molecule has 1 aliphatic rings. The van der Waals surface area contributed by atoms with E-state index in [2.05, 4.69) is 15.2 Å². The summed E-state index contributed by atoms with van der Waals surface area (Å²) < 4.78 is 9.28. The largest absolute Gasteiger partial charge is 0.365 e. The van der Waals surface area contributed by atoms with E-state index in [1.165, 1.54) is 0 Å². The first-order chi connectivity index (χ1) is 12.0. The molecule has 0 spiro atoms. The molecule has 1 saturated heterocycles. The van der Waals surface area contributed by atoms with Crippen molar-refractivity contribution in [1.29, 1.82) is 0 Å². The van der Waals surface area contributed by atoms with Crippen molar-refractivity contribution in [2.75, 3.05) is 19.7 Å². The maximum atomic E-state index is 12.4. The minimum Gasteiger partial charge on any atom is -0.365 e. The highest BCUT2D eigenvalue weighted by molar-refractivity contribution is 5.77. The number of aromatic nitrogens is 5. The van der Waals surface area contributed by atoms with Crippen LogP contribution in [-0.2, 0) is 29.7 Å². The highest BCUT2D eigenvalue weighted by atomic mass is 16.5. The first-order valence-corrected chi connectivity index (χ1v) is 8.73. The third-order valence-corrected chi connectivity index (χ3v) is 4.66. The fourth-order valence-corrected chi connectivity index (χ4v) is 3.30. The van der Waals surface area contributed by atoms with E-state index < -0.39 is 0 Å². The molecule has 3 rings (SSSR count). The molecular weight excluding hydrogens is 320 g/mol. The van der Waals surface area contributed by atoms with Gasteiger partial charge < -0.3 is 9.64 Å². The van der Waals surface area contributed by atoms with Crippen molar-refractivity contribution >= 4 is 5.91 Å². The van der Waals surface area contributed by atoms with Crippen molar-refractivity contribution in [2.45, 2.75) is 39.8 Å². The minimum atomic E-state index is 0.0540. The highest BCUT2D eigenvalue weighted by Gasteiger charge is 2.24. The number of hydrogen-bond acceptors (Lipinski definition) is 5. The van der Waals surface area contributed by atoms with E-state index in [1.807, 2.05) is 36.5 Å². The zero-order chi connectivity index (χ0) is 17.8. The summed E-state index contributed by atoms with van der Waals surface area (Å²) in [6, 6.07) is 1.89. The number of rotatable bonds is 6. The lowest BCUT2D eigenvalue weighted by molar-refractivity contribution is -0.138. The minimum absolute atomic E-state index is 0.0540. The van der Waals surface area contributed by atoms with E-state index in [9.17, 15) is 4.79 Å². The molecule has 2 aromatic heterocycles. The number of nitrogens with zero attached hydrogens (tertiary/aromatic N) is 6. The summed E-state index contributed by atoms with van der Waals surface area (Å²) in [6.07, 6.45) is 3.85. The SMILES string of the molecule is Cc1nc(C)n(CC2CCCN(C(=O)COCc3ccnn3C)C2)n1. The van der Waals surface area contributed by atoms with Gasteiger partial charge in [-0.15, -0.1) is 0 Å². The maximum absolute atomic E-state index is 12.4. The fraction of sp³-hybridized carbons (Fsp3) is 0.647. The number of hydrogen-bond donors (Lipinski definition) is 0. The summed E-state index contributed by atoms with van der Waals surface area (Å²) in [7, 11) is 1.86. The molecule has 3 heterocycles. The van der Waals surface area contributed by atoms with Gasteiger partial charge in [-0.25, -0.2) is 9.67 Å². The van der Waals surface area contributed by atoms with Gasteiger partial charge in [-0.05, 0) is 38.7 Å². The molecule has 0 bridgehead atoms. The van der Waals surface area contributed by atoms with Crippen molar-refractivity contribution in [2.24, 2.45) is 13.0 Å². The monoisotopic (exact) mass is 346 g/mol. The Bertz CT molecular complexity index is 723. The molecule has 0 aromatic carbocycles. The Morgan fingerprint density at radius 1 is 1.40 bits per heavy atom. The molecule has 25 heavy (non-hydrogen) atoms. The molecule has 1 aliphatic heterocycles. The van der Waals surface area contributed by atoms with Gasteiger partial charge >= 0.3 is 0 Å². The van der Waals surface area contributed by atoms with Crippen LogP contribution in [0.15, 0.2) is 12.3 Å². The van der Waals surface area contributed by atoms with Gasteiger partial charge in [0.1, 0.15) is 18.3 Å². The Hall–Kier alpha value is -2.22. The Balaban J connectivity index is 1.48. The van der Waals surface area contributed by atoms with Crippen LogP contribution in [0.2, 0.25) is 0 Å². The molecule has 1 fully saturated rings. The second-order valence-corrected chi connectivity index (χ2v) is 6.68. The van der Waals surface area contributed by atoms with Crippen LogP contribution in [0.4, 0.5) is 0 Å². The maximum Gasteiger partial charge on any atom is 0.248 e. The zero-order valence-corrected chi connectivity index (χ0v) is 15.2. The molecule has 1 unspecified atom stereocenters. The first-order valence-electron chi connectivity index (χ1n) is 8.73. The molecule has 2 aromatic rings. The van der Waals surface area contributed by atoms with E-state index in [0.717, 1.165) is 49.8 Å². The number of amides is 1. The van der Waals surface area contributed by atoms with Crippen molar-refractivity contribution in [3.8, 4) is 0 Å². The normalized spacial score (nSPS) is 17.9. The van der Waals surface area contributed by atoms with Crippen molar-refractivity contribution in [3.63, 3.8) is 0 Å². The number of ether oxygens (including phenoxy) is 1. The molecule has 0 aliphatic carbocycles. The second-order valence-electron chi connectivity index (χ2n) is 6.68. The summed E-state index contributed by atoms with van der Waals surface area (Å²) in [5.74, 6) is 2.19. The lowest BCUT2D eigenvalue weighted by Crippen LogP contribution is -2.42. The van der Waals surface area contributed by atoms with Gasteiger partial charge in [-0.3, -0.25) is 9.48 Å². The smallest absolute Gasteiger partial charge is 0.248 e. The Kier molecular flexibility index (Phi) is 5.47. The van der Waals surface area contributed by atoms with Crippen LogP contribution in [0.25, 0.3) is 0 Å². The van der Waals surface area contributed by atoms with Gasteiger partial charge in [0, 0.05) is 32.9 Å². The van der Waals surface area contributed by atoms with E-state index in [1.54, 1.807) is 10.9 Å². The van der Waals surface area contributed by atoms with Crippen LogP contribution in [0.5, 0.6) is 0 Å². The van der Waals surface area contributed by atoms with Gasteiger partial charge in [-0.2, -0.15) is 10.2 Å². The second kappa shape index (κ2) is 7.77. The third kappa shape index (κ3) is 4.45. The first kappa shape index (κ1) is 17.6. The number of carbonyl (C=O) groups excluding carboxylic acids is 1. The summed E-state index contributed by atoms with van der Waals surface area (Å²) in [4.78, 5) is 18.7. The number of aryl methyl sites for hydroxylation is 3. The molecule has 8 nitrogen and oxygen atoms in total. The van der Waals surface area contributed by atoms with E-state index >= 15 is 0 Å². The predicted molar refractivity (Wildman–Crippen MR) is 91.7 cm³/mol. The van der Waals surface area contributed by atoms with Crippen LogP contribution in [-0.4, -0.2) is 55.0 Å². The van der Waals surface area contributed by atoms with Crippen LogP contribution < -0.4 is 0 Å². The lowest BCUT2D eigenvalue weighted by atomic mass is 9.98. The standard InChI is InChI=1S/C17H26N6O2/c1-13-19-14(2)23(20-13)10-15-5-4-8-22(9-15)17(24)12-25-11-16-6-7-18-21(16)3/h6-7,15H,4-5,8-12H2,1-3H3. The topological polar surface area (TPSA) is 78.1 Å². The average molecular weight is 346 g/mol. The molecular formula is C17H26N6O2. The molecule has 0 N–H and O–H groups in total. The van der Waals surface area contributed by atoms with Crippen LogP contribution in [0.3, 0.4) is 0 Å². The Morgan fingerprint density at radius 2 is 2.24 bits per heavy atom. The number of carbonyl (C=O) groups is 1. The summed E-state index contributed by atoms with van der Waals surface area (Å²) >= 11 is 0. The molecule has 0 radical (unpaired) electrons. The third-order valence-electron chi connectivity index (χ3n) is 4.66. The van der Waals surface area contributed by atoms with E-state index in [0.29, 0.717) is 12.5 Å². The zero-order valence-electron chi connectivity index (χ0n) is 15.2. The van der Waals surface area contributed by atoms with E-state index in [-0.39, 0.29) is 12.5 Å². The summed E-state index contributed by atoms with van der Waals surface area (Å²) in [5.41, 5.74) is 0.960. The molecule has 8 heteroatoms. The average Bonchev–Trinajstić information content (AvgIpc) is 3.13. The van der Waals surface area contributed by atoms with Gasteiger partial charge in [0.15, 0.2) is 0 Å². The van der Waals surface area contributed by atoms with Crippen LogP contribution >= 0.6 is 0 Å². The van der Waals surface area contributed by atoms with E-state index in [4.69, 9.17) is 4.74 Å². The molecule has 0 saturated carbocycles. The Morgan fingerprint density at radius 3 is 2.92 bits per heavy atom. The summed E-state index contributed by atoms with van der Waals surface area (Å²) in [5, 5.41) is 8.52. The lowest BCUT2D eigenvalue weighted by Gasteiger charge is -2.32.